The van der Waals surface area contributed by atoms with Crippen molar-refractivity contribution in [3.63, 3.8) is 0 Å². The van der Waals surface area contributed by atoms with E-state index in [-0.39, 0.29) is 24.0 Å². The zero-order valence-corrected chi connectivity index (χ0v) is 21.3. The van der Waals surface area contributed by atoms with Gasteiger partial charge in [0.15, 0.2) is 5.96 Å². The maximum Gasteiger partial charge on any atom is 0.191 e. The van der Waals surface area contributed by atoms with Crippen LogP contribution in [0.2, 0.25) is 0 Å². The van der Waals surface area contributed by atoms with E-state index in [2.05, 4.69) is 41.3 Å². The summed E-state index contributed by atoms with van der Waals surface area (Å²) < 4.78 is 16.3. The van der Waals surface area contributed by atoms with Gasteiger partial charge in [-0.25, -0.2) is 0 Å². The molecular weight excluding hydrogens is 483 g/mol. The van der Waals surface area contributed by atoms with Gasteiger partial charge in [-0.1, -0.05) is 13.8 Å². The third-order valence-corrected chi connectivity index (χ3v) is 4.86. The van der Waals surface area contributed by atoms with Crippen LogP contribution in [-0.4, -0.2) is 64.9 Å². The van der Waals surface area contributed by atoms with Crippen LogP contribution >= 0.6 is 24.0 Å². The van der Waals surface area contributed by atoms with Gasteiger partial charge in [-0.15, -0.1) is 24.0 Å². The molecule has 1 rings (SSSR count). The van der Waals surface area contributed by atoms with Gasteiger partial charge in [-0.2, -0.15) is 0 Å². The van der Waals surface area contributed by atoms with Crippen LogP contribution in [0.4, 0.5) is 0 Å². The molecule has 0 radical (unpaired) electrons. The number of halogens is 1. The van der Waals surface area contributed by atoms with E-state index in [1.165, 1.54) is 0 Å². The molecule has 1 unspecified atom stereocenters. The number of hydrogen-bond donors (Lipinski definition) is 2. The molecule has 0 fully saturated rings. The second kappa shape index (κ2) is 15.4. The first-order valence-corrected chi connectivity index (χ1v) is 10.0. The molecule has 0 bridgehead atoms. The molecule has 8 heteroatoms. The molecular formula is C21H39IN4O3. The van der Waals surface area contributed by atoms with Gasteiger partial charge < -0.3 is 29.7 Å². The highest BCUT2D eigenvalue weighted by atomic mass is 127. The third-order valence-electron chi connectivity index (χ3n) is 4.86. The summed E-state index contributed by atoms with van der Waals surface area (Å²) in [5, 5.41) is 6.81. The largest absolute Gasteiger partial charge is 0.496 e. The summed E-state index contributed by atoms with van der Waals surface area (Å²) in [6.45, 7) is 10.5. The number of methoxy groups -OCH3 is 3. The Morgan fingerprint density at radius 2 is 1.66 bits per heavy atom. The number of hydrogen-bond acceptors (Lipinski definition) is 5. The molecule has 1 aromatic carbocycles. The van der Waals surface area contributed by atoms with Crippen LogP contribution in [0.3, 0.4) is 0 Å². The highest BCUT2D eigenvalue weighted by molar-refractivity contribution is 14.0. The molecule has 168 valence electrons. The lowest BCUT2D eigenvalue weighted by molar-refractivity contribution is 0.292. The lowest BCUT2D eigenvalue weighted by Gasteiger charge is -2.22. The summed E-state index contributed by atoms with van der Waals surface area (Å²) in [4.78, 5) is 6.79. The van der Waals surface area contributed by atoms with E-state index < -0.39 is 0 Å². The highest BCUT2D eigenvalue weighted by Crippen LogP contribution is 2.33. The van der Waals surface area contributed by atoms with Gasteiger partial charge in [0.2, 0.25) is 0 Å². The molecule has 0 aliphatic carbocycles. The van der Waals surface area contributed by atoms with Crippen molar-refractivity contribution in [2.45, 2.75) is 46.2 Å². The summed E-state index contributed by atoms with van der Waals surface area (Å²) in [7, 11) is 6.69. The minimum Gasteiger partial charge on any atom is -0.496 e. The second-order valence-corrected chi connectivity index (χ2v) is 6.65. The van der Waals surface area contributed by atoms with Crippen LogP contribution in [0.5, 0.6) is 17.2 Å². The Morgan fingerprint density at radius 1 is 1.07 bits per heavy atom. The zero-order valence-electron chi connectivity index (χ0n) is 19.0. The summed E-state index contributed by atoms with van der Waals surface area (Å²) in [6, 6.07) is 4.04. The van der Waals surface area contributed by atoms with Crippen LogP contribution in [0.15, 0.2) is 17.1 Å². The van der Waals surface area contributed by atoms with Gasteiger partial charge in [0, 0.05) is 25.2 Å². The number of guanidine groups is 1. The Labute approximate surface area is 193 Å². The van der Waals surface area contributed by atoms with Crippen molar-refractivity contribution in [3.05, 3.63) is 17.7 Å². The van der Waals surface area contributed by atoms with E-state index >= 15 is 0 Å². The Balaban J connectivity index is 0.00000784. The smallest absolute Gasteiger partial charge is 0.191 e. The standard InChI is InChI=1S/C21H38N4O3.HI/c1-8-25(9-2)12-10-11-16(3)24-21(22-4)23-15-18-19(27-6)13-17(26-5)14-20(18)28-7;/h13-14,16H,8-12,15H2,1-7H3,(H2,22,23,24);1H. The van der Waals surface area contributed by atoms with E-state index in [0.29, 0.717) is 29.8 Å². The van der Waals surface area contributed by atoms with Crippen molar-refractivity contribution in [3.8, 4) is 17.2 Å². The summed E-state index contributed by atoms with van der Waals surface area (Å²) in [5.74, 6) is 2.88. The summed E-state index contributed by atoms with van der Waals surface area (Å²) in [6.07, 6.45) is 2.25. The topological polar surface area (TPSA) is 67.4 Å². The van der Waals surface area contributed by atoms with Gasteiger partial charge in [-0.3, -0.25) is 4.99 Å². The Hall–Kier alpha value is -1.42. The SMILES string of the molecule is CCN(CC)CCCC(C)NC(=NC)NCc1c(OC)cc(OC)cc1OC.I. The average molecular weight is 522 g/mol. The van der Waals surface area contributed by atoms with Gasteiger partial charge in [0.05, 0.1) is 33.4 Å². The molecule has 0 saturated carbocycles. The van der Waals surface area contributed by atoms with Crippen molar-refractivity contribution in [1.29, 1.82) is 0 Å². The monoisotopic (exact) mass is 522 g/mol. The predicted molar refractivity (Wildman–Crippen MR) is 131 cm³/mol. The van der Waals surface area contributed by atoms with Gasteiger partial charge in [-0.05, 0) is 39.4 Å². The van der Waals surface area contributed by atoms with Crippen LogP contribution < -0.4 is 24.8 Å². The van der Waals surface area contributed by atoms with Crippen LogP contribution in [-0.2, 0) is 6.54 Å². The van der Waals surface area contributed by atoms with Crippen LogP contribution in [0.25, 0.3) is 0 Å². The van der Waals surface area contributed by atoms with Crippen molar-refractivity contribution in [1.82, 2.24) is 15.5 Å². The molecule has 0 aliphatic heterocycles. The first kappa shape index (κ1) is 27.6. The van der Waals surface area contributed by atoms with Gasteiger partial charge in [0.1, 0.15) is 17.2 Å². The van der Waals surface area contributed by atoms with E-state index in [1.54, 1.807) is 28.4 Å². The van der Waals surface area contributed by atoms with Crippen LogP contribution in [0, 0.1) is 0 Å². The maximum atomic E-state index is 5.51. The van der Waals surface area contributed by atoms with Gasteiger partial charge >= 0.3 is 0 Å². The number of ether oxygens (including phenoxy) is 3. The predicted octanol–water partition coefficient (Wildman–Crippen LogP) is 3.51. The first-order chi connectivity index (χ1) is 13.5. The van der Waals surface area contributed by atoms with Crippen molar-refractivity contribution < 1.29 is 14.2 Å². The number of benzene rings is 1. The fourth-order valence-electron chi connectivity index (χ4n) is 3.09. The molecule has 0 aromatic heterocycles. The normalized spacial score (nSPS) is 12.2. The Bertz CT molecular complexity index is 585. The maximum absolute atomic E-state index is 5.51. The summed E-state index contributed by atoms with van der Waals surface area (Å²) >= 11 is 0. The molecule has 1 atom stereocenters. The summed E-state index contributed by atoms with van der Waals surface area (Å²) in [5.41, 5.74) is 0.919. The van der Waals surface area contributed by atoms with E-state index in [9.17, 15) is 0 Å². The first-order valence-electron chi connectivity index (χ1n) is 10.0. The molecule has 7 nitrogen and oxygen atoms in total. The minimum atomic E-state index is 0. The Morgan fingerprint density at radius 3 is 2.10 bits per heavy atom. The number of nitrogens with one attached hydrogen (secondary N) is 2. The molecule has 0 aliphatic rings. The lowest BCUT2D eigenvalue weighted by atomic mass is 10.1. The van der Waals surface area contributed by atoms with E-state index in [4.69, 9.17) is 14.2 Å². The quantitative estimate of drug-likeness (QED) is 0.249. The van der Waals surface area contributed by atoms with Gasteiger partial charge in [0.25, 0.3) is 0 Å². The molecule has 2 N–H and O–H groups in total. The molecule has 0 amide bonds. The third kappa shape index (κ3) is 9.29. The second-order valence-electron chi connectivity index (χ2n) is 6.65. The number of nitrogens with zero attached hydrogens (tertiary/aromatic N) is 2. The molecule has 0 saturated heterocycles. The molecule has 29 heavy (non-hydrogen) atoms. The zero-order chi connectivity index (χ0) is 20.9. The van der Waals surface area contributed by atoms with Crippen molar-refractivity contribution in [2.75, 3.05) is 48.0 Å². The number of aliphatic imine (C=N–C) groups is 1. The van der Waals surface area contributed by atoms with E-state index in [0.717, 1.165) is 44.0 Å². The minimum absolute atomic E-state index is 0. The molecule has 0 heterocycles. The number of rotatable bonds is 12. The van der Waals surface area contributed by atoms with Crippen molar-refractivity contribution >= 4 is 29.9 Å². The van der Waals surface area contributed by atoms with E-state index in [1.807, 2.05) is 12.1 Å². The Kier molecular flexibility index (Phi) is 14.7. The lowest BCUT2D eigenvalue weighted by Crippen LogP contribution is -2.42. The molecule has 1 aromatic rings. The fraction of sp³-hybridized carbons (Fsp3) is 0.667. The fourth-order valence-corrected chi connectivity index (χ4v) is 3.09. The molecule has 0 spiro atoms. The average Bonchev–Trinajstić information content (AvgIpc) is 2.73. The van der Waals surface area contributed by atoms with Crippen molar-refractivity contribution in [2.24, 2.45) is 4.99 Å². The highest BCUT2D eigenvalue weighted by Gasteiger charge is 2.14. The van der Waals surface area contributed by atoms with Crippen LogP contribution in [0.1, 0.15) is 39.2 Å².